The van der Waals surface area contributed by atoms with Crippen LogP contribution in [0.25, 0.3) is 0 Å². The lowest BCUT2D eigenvalue weighted by molar-refractivity contribution is -0.137. The second-order valence-electron chi connectivity index (χ2n) is 3.93. The van der Waals surface area contributed by atoms with E-state index in [0.717, 1.165) is 0 Å². The fraction of sp³-hybridized carbons (Fsp3) is 0.750. The van der Waals surface area contributed by atoms with Gasteiger partial charge in [-0.1, -0.05) is 6.92 Å². The van der Waals surface area contributed by atoms with Crippen molar-refractivity contribution < 1.29 is 28.3 Å². The largest absolute Gasteiger partial charge is 0.483 e. The van der Waals surface area contributed by atoms with E-state index in [0.29, 0.717) is 0 Å². The number of allylic oxidation sites excluding steroid dienone is 1. The summed E-state index contributed by atoms with van der Waals surface area (Å²) in [5, 5.41) is 9.28. The molecule has 0 saturated heterocycles. The first kappa shape index (κ1) is 18.2. The predicted molar refractivity (Wildman–Crippen MR) is 72.0 cm³/mol. The molecular formula is C12H23O6P. The number of hydrogen-bond donors (Lipinski definition) is 1. The monoisotopic (exact) mass is 294 g/mol. The van der Waals surface area contributed by atoms with Crippen LogP contribution in [0.5, 0.6) is 0 Å². The Labute approximate surface area is 114 Å². The van der Waals surface area contributed by atoms with Crippen molar-refractivity contribution >= 4 is 13.6 Å². The molecule has 0 aromatic carbocycles. The lowest BCUT2D eigenvalue weighted by Gasteiger charge is -2.22. The van der Waals surface area contributed by atoms with Crippen molar-refractivity contribution in [2.24, 2.45) is 0 Å². The van der Waals surface area contributed by atoms with E-state index < -0.39 is 13.6 Å². The highest BCUT2D eigenvalue weighted by molar-refractivity contribution is 7.58. The normalized spacial score (nSPS) is 13.4. The second-order valence-corrected chi connectivity index (χ2v) is 5.99. The maximum Gasteiger partial charge on any atom is 0.371 e. The van der Waals surface area contributed by atoms with Gasteiger partial charge in [0.25, 0.3) is 0 Å². The molecule has 0 aromatic heterocycles. The van der Waals surface area contributed by atoms with Crippen LogP contribution < -0.4 is 0 Å². The van der Waals surface area contributed by atoms with E-state index in [1.807, 2.05) is 0 Å². The Morgan fingerprint density at radius 2 is 1.63 bits per heavy atom. The van der Waals surface area contributed by atoms with Crippen molar-refractivity contribution in [3.05, 3.63) is 11.1 Å². The van der Waals surface area contributed by atoms with Crippen LogP contribution in [0.1, 0.15) is 41.0 Å². The smallest absolute Gasteiger partial charge is 0.371 e. The van der Waals surface area contributed by atoms with Crippen LogP contribution >= 0.6 is 7.60 Å². The zero-order valence-electron chi connectivity index (χ0n) is 12.1. The highest BCUT2D eigenvalue weighted by Crippen LogP contribution is 2.58. The molecule has 0 aromatic rings. The Hall–Kier alpha value is -0.840. The fourth-order valence-corrected chi connectivity index (χ4v) is 3.34. The third-order valence-electron chi connectivity index (χ3n) is 2.07. The molecule has 112 valence electrons. The first-order chi connectivity index (χ1) is 8.82. The molecule has 19 heavy (non-hydrogen) atoms. The quantitative estimate of drug-likeness (QED) is 0.399. The van der Waals surface area contributed by atoms with Crippen molar-refractivity contribution in [3.8, 4) is 0 Å². The highest BCUT2D eigenvalue weighted by atomic mass is 31.2. The number of ether oxygens (including phenoxy) is 1. The second kappa shape index (κ2) is 8.35. The highest BCUT2D eigenvalue weighted by Gasteiger charge is 2.35. The van der Waals surface area contributed by atoms with Crippen LogP contribution in [-0.2, 0) is 23.1 Å². The van der Waals surface area contributed by atoms with Gasteiger partial charge in [0.05, 0.1) is 24.6 Å². The van der Waals surface area contributed by atoms with Crippen LogP contribution in [-0.4, -0.2) is 30.4 Å². The summed E-state index contributed by atoms with van der Waals surface area (Å²) in [6.07, 6.45) is -0.129. The summed E-state index contributed by atoms with van der Waals surface area (Å²) in [4.78, 5) is 11.3. The van der Waals surface area contributed by atoms with Crippen LogP contribution in [0, 0.1) is 0 Å². The topological polar surface area (TPSA) is 82.1 Å². The maximum absolute atomic E-state index is 12.6. The van der Waals surface area contributed by atoms with E-state index in [2.05, 4.69) is 0 Å². The SMILES string of the molecule is CCOP(=O)(OCC)C(CC)=C(OC(C)C)C(=O)O. The standard InChI is InChI=1S/C12H23O6P/c1-6-10(11(12(13)14)18-9(4)5)19(15,16-7-2)17-8-3/h9H,6-8H2,1-5H3,(H,13,14). The molecule has 0 spiro atoms. The van der Waals surface area contributed by atoms with Crippen molar-refractivity contribution in [3.63, 3.8) is 0 Å². The van der Waals surface area contributed by atoms with E-state index in [-0.39, 0.29) is 36.8 Å². The van der Waals surface area contributed by atoms with Gasteiger partial charge in [-0.2, -0.15) is 0 Å². The minimum Gasteiger partial charge on any atom is -0.483 e. The third-order valence-corrected chi connectivity index (χ3v) is 4.45. The molecule has 0 saturated carbocycles. The molecule has 0 rings (SSSR count). The van der Waals surface area contributed by atoms with Gasteiger partial charge in [-0.05, 0) is 34.1 Å². The molecule has 6 nitrogen and oxygen atoms in total. The van der Waals surface area contributed by atoms with Gasteiger partial charge in [0.1, 0.15) is 0 Å². The summed E-state index contributed by atoms with van der Waals surface area (Å²) in [5.41, 5.74) is 0. The van der Waals surface area contributed by atoms with Crippen LogP contribution in [0.3, 0.4) is 0 Å². The zero-order valence-corrected chi connectivity index (χ0v) is 13.0. The number of hydrogen-bond acceptors (Lipinski definition) is 5. The Morgan fingerprint density at radius 3 is 1.89 bits per heavy atom. The van der Waals surface area contributed by atoms with Crippen LogP contribution in [0.2, 0.25) is 0 Å². The van der Waals surface area contributed by atoms with Gasteiger partial charge in [0.2, 0.25) is 5.76 Å². The molecule has 7 heteroatoms. The van der Waals surface area contributed by atoms with E-state index in [4.69, 9.17) is 13.8 Å². The van der Waals surface area contributed by atoms with Crippen LogP contribution in [0.4, 0.5) is 0 Å². The Bertz CT molecular complexity index is 364. The third kappa shape index (κ3) is 5.35. The number of carboxylic acid groups (broad SMARTS) is 1. The average molecular weight is 294 g/mol. The summed E-state index contributed by atoms with van der Waals surface area (Å²) >= 11 is 0. The minimum atomic E-state index is -3.62. The predicted octanol–water partition coefficient (Wildman–Crippen LogP) is 3.38. The van der Waals surface area contributed by atoms with Gasteiger partial charge < -0.3 is 18.9 Å². The fourth-order valence-electron chi connectivity index (χ4n) is 1.49. The molecule has 0 radical (unpaired) electrons. The number of carboxylic acids is 1. The summed E-state index contributed by atoms with van der Waals surface area (Å²) in [7, 11) is -3.62. The van der Waals surface area contributed by atoms with E-state index in [9.17, 15) is 14.5 Å². The Kier molecular flexibility index (Phi) is 7.99. The molecule has 0 amide bonds. The number of rotatable bonds is 9. The molecule has 0 aliphatic heterocycles. The first-order valence-corrected chi connectivity index (χ1v) is 7.89. The van der Waals surface area contributed by atoms with E-state index in [1.165, 1.54) is 0 Å². The van der Waals surface area contributed by atoms with E-state index >= 15 is 0 Å². The average Bonchev–Trinajstić information content (AvgIpc) is 2.28. The molecular weight excluding hydrogens is 271 g/mol. The Morgan fingerprint density at radius 1 is 1.16 bits per heavy atom. The van der Waals surface area contributed by atoms with Crippen molar-refractivity contribution in [1.29, 1.82) is 0 Å². The molecule has 0 aliphatic rings. The van der Waals surface area contributed by atoms with Crippen molar-refractivity contribution in [1.82, 2.24) is 0 Å². The van der Waals surface area contributed by atoms with Gasteiger partial charge >= 0.3 is 13.6 Å². The van der Waals surface area contributed by atoms with Gasteiger partial charge in [-0.3, -0.25) is 4.57 Å². The minimum absolute atomic E-state index is 0.0670. The van der Waals surface area contributed by atoms with Gasteiger partial charge in [0.15, 0.2) is 0 Å². The lowest BCUT2D eigenvalue weighted by atomic mass is 10.3. The zero-order chi connectivity index (χ0) is 15.1. The lowest BCUT2D eigenvalue weighted by Crippen LogP contribution is -2.14. The molecule has 0 bridgehead atoms. The summed E-state index contributed by atoms with van der Waals surface area (Å²) in [5.74, 6) is -1.62. The van der Waals surface area contributed by atoms with Gasteiger partial charge in [0, 0.05) is 0 Å². The number of carbonyl (C=O) groups is 1. The first-order valence-electron chi connectivity index (χ1n) is 6.35. The van der Waals surface area contributed by atoms with Gasteiger partial charge in [-0.15, -0.1) is 0 Å². The van der Waals surface area contributed by atoms with Crippen molar-refractivity contribution in [2.75, 3.05) is 13.2 Å². The summed E-state index contributed by atoms with van der Waals surface area (Å²) in [6, 6.07) is 0. The van der Waals surface area contributed by atoms with E-state index in [1.54, 1.807) is 34.6 Å². The summed E-state index contributed by atoms with van der Waals surface area (Å²) < 4.78 is 28.2. The molecule has 0 heterocycles. The molecule has 0 atom stereocenters. The maximum atomic E-state index is 12.6. The molecule has 0 aliphatic carbocycles. The Balaban J connectivity index is 5.74. The number of aliphatic carboxylic acids is 1. The van der Waals surface area contributed by atoms with Crippen molar-refractivity contribution in [2.45, 2.75) is 47.1 Å². The molecule has 0 unspecified atom stereocenters. The summed E-state index contributed by atoms with van der Waals surface area (Å²) in [6.45, 7) is 8.74. The molecule has 1 N–H and O–H groups in total. The van der Waals surface area contributed by atoms with Crippen LogP contribution in [0.15, 0.2) is 11.1 Å². The molecule has 0 fully saturated rings. The van der Waals surface area contributed by atoms with Gasteiger partial charge in [-0.25, -0.2) is 4.79 Å².